The SMILES string of the molecule is CNc1cc(-c2nn[nH]n2)ccc1[N+](=O)[O-]. The van der Waals surface area contributed by atoms with Crippen LogP contribution in [-0.2, 0) is 0 Å². The molecule has 0 bridgehead atoms. The first kappa shape index (κ1) is 10.0. The van der Waals surface area contributed by atoms with Crippen LogP contribution >= 0.6 is 0 Å². The Bertz CT molecular complexity index is 509. The van der Waals surface area contributed by atoms with Gasteiger partial charge in [-0.15, -0.1) is 10.2 Å². The third-order valence-corrected chi connectivity index (χ3v) is 2.07. The number of nitrogens with zero attached hydrogens (tertiary/aromatic N) is 4. The van der Waals surface area contributed by atoms with E-state index in [1.807, 2.05) is 0 Å². The summed E-state index contributed by atoms with van der Waals surface area (Å²) in [7, 11) is 1.61. The van der Waals surface area contributed by atoms with E-state index >= 15 is 0 Å². The predicted molar refractivity (Wildman–Crippen MR) is 55.8 cm³/mol. The van der Waals surface area contributed by atoms with Gasteiger partial charge >= 0.3 is 0 Å². The van der Waals surface area contributed by atoms with Crippen molar-refractivity contribution in [1.29, 1.82) is 0 Å². The molecule has 1 aromatic heterocycles. The average molecular weight is 220 g/mol. The molecule has 0 radical (unpaired) electrons. The summed E-state index contributed by atoms with van der Waals surface area (Å²) in [4.78, 5) is 10.2. The summed E-state index contributed by atoms with van der Waals surface area (Å²) in [5.74, 6) is 0.395. The third kappa shape index (κ3) is 1.67. The molecule has 1 aromatic carbocycles. The quantitative estimate of drug-likeness (QED) is 0.585. The molecule has 0 amide bonds. The van der Waals surface area contributed by atoms with Crippen molar-refractivity contribution in [2.24, 2.45) is 0 Å². The molecule has 2 N–H and O–H groups in total. The minimum Gasteiger partial charge on any atom is -0.383 e. The molecule has 0 aliphatic carbocycles. The van der Waals surface area contributed by atoms with Gasteiger partial charge in [-0.1, -0.05) is 0 Å². The fraction of sp³-hybridized carbons (Fsp3) is 0.125. The molecular formula is C8H8N6O2. The second kappa shape index (κ2) is 3.93. The number of nitro groups is 1. The maximum absolute atomic E-state index is 10.7. The van der Waals surface area contributed by atoms with E-state index in [1.165, 1.54) is 6.07 Å². The summed E-state index contributed by atoms with van der Waals surface area (Å²) in [5, 5.41) is 26.8. The van der Waals surface area contributed by atoms with Crippen LogP contribution in [0.25, 0.3) is 11.4 Å². The molecular weight excluding hydrogens is 212 g/mol. The van der Waals surface area contributed by atoms with Gasteiger partial charge in [-0.2, -0.15) is 5.21 Å². The molecule has 0 unspecified atom stereocenters. The maximum Gasteiger partial charge on any atom is 0.292 e. The highest BCUT2D eigenvalue weighted by atomic mass is 16.6. The van der Waals surface area contributed by atoms with Gasteiger partial charge in [0.15, 0.2) is 0 Å². The van der Waals surface area contributed by atoms with Crippen LogP contribution in [0.1, 0.15) is 0 Å². The normalized spacial score (nSPS) is 10.1. The number of aromatic amines is 1. The van der Waals surface area contributed by atoms with E-state index in [4.69, 9.17) is 0 Å². The van der Waals surface area contributed by atoms with Gasteiger partial charge in [0.25, 0.3) is 5.69 Å². The largest absolute Gasteiger partial charge is 0.383 e. The Morgan fingerprint density at radius 1 is 1.50 bits per heavy atom. The summed E-state index contributed by atoms with van der Waals surface area (Å²) < 4.78 is 0. The molecule has 0 aliphatic rings. The van der Waals surface area contributed by atoms with Gasteiger partial charge in [0, 0.05) is 18.7 Å². The fourth-order valence-electron chi connectivity index (χ4n) is 1.32. The molecule has 0 atom stereocenters. The minimum atomic E-state index is -0.453. The maximum atomic E-state index is 10.7. The lowest BCUT2D eigenvalue weighted by atomic mass is 10.1. The number of rotatable bonds is 3. The van der Waals surface area contributed by atoms with Gasteiger partial charge in [-0.3, -0.25) is 10.1 Å². The van der Waals surface area contributed by atoms with Crippen LogP contribution in [0.15, 0.2) is 18.2 Å². The number of nitrogens with one attached hydrogen (secondary N) is 2. The second-order valence-corrected chi connectivity index (χ2v) is 2.97. The van der Waals surface area contributed by atoms with Gasteiger partial charge in [0.05, 0.1) is 4.92 Å². The molecule has 8 nitrogen and oxygen atoms in total. The van der Waals surface area contributed by atoms with Crippen molar-refractivity contribution < 1.29 is 4.92 Å². The predicted octanol–water partition coefficient (Wildman–Crippen LogP) is 0.817. The lowest BCUT2D eigenvalue weighted by Crippen LogP contribution is -1.97. The van der Waals surface area contributed by atoms with Gasteiger partial charge in [0.2, 0.25) is 5.82 Å². The number of H-pyrrole nitrogens is 1. The zero-order chi connectivity index (χ0) is 11.5. The Morgan fingerprint density at radius 3 is 2.88 bits per heavy atom. The minimum absolute atomic E-state index is 0.00902. The van der Waals surface area contributed by atoms with Crippen molar-refractivity contribution in [3.63, 3.8) is 0 Å². The van der Waals surface area contributed by atoms with Crippen molar-refractivity contribution in [2.75, 3.05) is 12.4 Å². The van der Waals surface area contributed by atoms with Crippen LogP contribution in [0.4, 0.5) is 11.4 Å². The molecule has 16 heavy (non-hydrogen) atoms. The molecule has 1 heterocycles. The Labute approximate surface area is 89.8 Å². The Morgan fingerprint density at radius 2 is 2.31 bits per heavy atom. The van der Waals surface area contributed by atoms with Crippen molar-refractivity contribution in [3.05, 3.63) is 28.3 Å². The lowest BCUT2D eigenvalue weighted by Gasteiger charge is -2.02. The average Bonchev–Trinajstić information content (AvgIpc) is 2.81. The molecule has 2 rings (SSSR count). The van der Waals surface area contributed by atoms with Crippen molar-refractivity contribution >= 4 is 11.4 Å². The van der Waals surface area contributed by atoms with Gasteiger partial charge in [-0.05, 0) is 17.3 Å². The number of tetrazole rings is 1. The zero-order valence-corrected chi connectivity index (χ0v) is 8.34. The van der Waals surface area contributed by atoms with E-state index in [0.29, 0.717) is 17.1 Å². The monoisotopic (exact) mass is 220 g/mol. The van der Waals surface area contributed by atoms with Crippen LogP contribution in [0, 0.1) is 10.1 Å². The Hall–Kier alpha value is -2.51. The summed E-state index contributed by atoms with van der Waals surface area (Å²) >= 11 is 0. The van der Waals surface area contributed by atoms with Crippen LogP contribution in [-0.4, -0.2) is 32.6 Å². The summed E-state index contributed by atoms with van der Waals surface area (Å²) in [5.41, 5.74) is 1.07. The number of anilines is 1. The standard InChI is InChI=1S/C8H8N6O2/c1-9-6-4-5(8-10-12-13-11-8)2-3-7(6)14(15)16/h2-4,9H,1H3,(H,10,11,12,13). The van der Waals surface area contributed by atoms with Crippen molar-refractivity contribution in [1.82, 2.24) is 20.6 Å². The van der Waals surface area contributed by atoms with E-state index < -0.39 is 4.92 Å². The van der Waals surface area contributed by atoms with Crippen molar-refractivity contribution in [3.8, 4) is 11.4 Å². The number of nitro benzene ring substituents is 1. The third-order valence-electron chi connectivity index (χ3n) is 2.07. The molecule has 2 aromatic rings. The zero-order valence-electron chi connectivity index (χ0n) is 8.34. The highest BCUT2D eigenvalue weighted by molar-refractivity contribution is 5.70. The summed E-state index contributed by atoms with van der Waals surface area (Å²) in [6.07, 6.45) is 0. The number of hydrogen-bond donors (Lipinski definition) is 2. The van der Waals surface area contributed by atoms with E-state index in [9.17, 15) is 10.1 Å². The van der Waals surface area contributed by atoms with E-state index in [2.05, 4.69) is 25.9 Å². The highest BCUT2D eigenvalue weighted by Gasteiger charge is 2.14. The van der Waals surface area contributed by atoms with E-state index in [0.717, 1.165) is 0 Å². The number of benzene rings is 1. The Kier molecular flexibility index (Phi) is 2.46. The van der Waals surface area contributed by atoms with Crippen LogP contribution < -0.4 is 5.32 Å². The first-order chi connectivity index (χ1) is 7.72. The molecule has 0 fully saturated rings. The first-order valence-corrected chi connectivity index (χ1v) is 4.42. The molecule has 0 saturated heterocycles. The van der Waals surface area contributed by atoms with Crippen LogP contribution in [0.3, 0.4) is 0 Å². The molecule has 8 heteroatoms. The lowest BCUT2D eigenvalue weighted by molar-refractivity contribution is -0.383. The number of aromatic nitrogens is 4. The molecule has 0 spiro atoms. The second-order valence-electron chi connectivity index (χ2n) is 2.97. The van der Waals surface area contributed by atoms with Crippen molar-refractivity contribution in [2.45, 2.75) is 0 Å². The molecule has 0 saturated carbocycles. The van der Waals surface area contributed by atoms with Gasteiger partial charge in [0.1, 0.15) is 5.69 Å². The van der Waals surface area contributed by atoms with Crippen LogP contribution in [0.2, 0.25) is 0 Å². The molecule has 0 aliphatic heterocycles. The van der Waals surface area contributed by atoms with Gasteiger partial charge in [-0.25, -0.2) is 0 Å². The number of hydrogen-bond acceptors (Lipinski definition) is 6. The highest BCUT2D eigenvalue weighted by Crippen LogP contribution is 2.28. The topological polar surface area (TPSA) is 110 Å². The Balaban J connectivity index is 2.49. The first-order valence-electron chi connectivity index (χ1n) is 4.42. The summed E-state index contributed by atoms with van der Waals surface area (Å²) in [6, 6.07) is 4.57. The van der Waals surface area contributed by atoms with E-state index in [1.54, 1.807) is 19.2 Å². The van der Waals surface area contributed by atoms with Gasteiger partial charge < -0.3 is 5.32 Å². The van der Waals surface area contributed by atoms with E-state index in [-0.39, 0.29) is 5.69 Å². The molecule has 82 valence electrons. The smallest absolute Gasteiger partial charge is 0.292 e. The van der Waals surface area contributed by atoms with Crippen LogP contribution in [0.5, 0.6) is 0 Å². The fourth-order valence-corrected chi connectivity index (χ4v) is 1.32. The summed E-state index contributed by atoms with van der Waals surface area (Å²) in [6.45, 7) is 0.